The van der Waals surface area contributed by atoms with Gasteiger partial charge >= 0.3 is 137 Å². The van der Waals surface area contributed by atoms with Crippen LogP contribution in [-0.2, 0) is 9.53 Å². The third-order valence-electron chi connectivity index (χ3n) is 4.49. The van der Waals surface area contributed by atoms with Crippen LogP contribution in [0.4, 0.5) is 5.69 Å². The van der Waals surface area contributed by atoms with Gasteiger partial charge in [-0.25, -0.2) is 0 Å². The van der Waals surface area contributed by atoms with Crippen molar-refractivity contribution in [3.63, 3.8) is 0 Å². The zero-order valence-electron chi connectivity index (χ0n) is 14.2. The minimum atomic E-state index is -1.52. The molecule has 0 fully saturated rings. The molecule has 22 heavy (non-hydrogen) atoms. The van der Waals surface area contributed by atoms with Crippen LogP contribution in [0.25, 0.3) is 0 Å². The molecule has 1 aromatic heterocycles. The fraction of sp³-hybridized carbons (Fsp3) is 0.625. The first-order valence-electron chi connectivity index (χ1n) is 7.98. The number of esters is 1. The Balaban J connectivity index is 2.89. The molecule has 0 spiro atoms. The number of hydrogen-bond donors (Lipinski definition) is 1. The number of aryl methyl sites for hydroxylation is 1. The number of ether oxygens (including phenoxy) is 1. The average molecular weight is 345 g/mol. The van der Waals surface area contributed by atoms with Gasteiger partial charge in [0, 0.05) is 0 Å². The van der Waals surface area contributed by atoms with Crippen LogP contribution in [-0.4, -0.2) is 43.1 Å². The van der Waals surface area contributed by atoms with Gasteiger partial charge in [0.1, 0.15) is 0 Å². The van der Waals surface area contributed by atoms with E-state index in [0.29, 0.717) is 23.3 Å². The number of carbonyl (C=O) groups excluding carboxylic acids is 2. The second-order valence-corrected chi connectivity index (χ2v) is 12.0. The summed E-state index contributed by atoms with van der Waals surface area (Å²) in [5, 5.41) is 4.84. The standard InChI is InChI=1S/C16H28NO3PS/c1-6-20-16(19)15-14(12(5)11-22-15)17-13(18)10-21(7-2,8-3)9-4/h11,21H,6-10H2,1-5H3,(H,17,18). The molecule has 1 N–H and O–H groups in total. The van der Waals surface area contributed by atoms with Crippen molar-refractivity contribution in [2.45, 2.75) is 34.6 Å². The molecule has 1 amide bonds. The predicted octanol–water partition coefficient (Wildman–Crippen LogP) is 3.98. The number of hydrogen-bond acceptors (Lipinski definition) is 4. The Bertz CT molecular complexity index is 515. The fourth-order valence-corrected chi connectivity index (χ4v) is 6.51. The average Bonchev–Trinajstić information content (AvgIpc) is 2.86. The van der Waals surface area contributed by atoms with Crippen molar-refractivity contribution in [2.24, 2.45) is 0 Å². The van der Waals surface area contributed by atoms with Crippen molar-refractivity contribution in [3.05, 3.63) is 15.8 Å². The SMILES string of the molecule is CCOC(=O)c1scc(C)c1NC(=O)C[PH](CC)(CC)CC. The molecule has 1 heterocycles. The van der Waals surface area contributed by atoms with Crippen molar-refractivity contribution in [2.75, 3.05) is 36.6 Å². The summed E-state index contributed by atoms with van der Waals surface area (Å²) in [7, 11) is -1.52. The Labute approximate surface area is 138 Å². The van der Waals surface area contributed by atoms with E-state index in [1.165, 1.54) is 11.3 Å². The molecule has 0 aliphatic carbocycles. The van der Waals surface area contributed by atoms with Crippen molar-refractivity contribution in [1.82, 2.24) is 0 Å². The molecule has 1 aromatic rings. The van der Waals surface area contributed by atoms with Crippen molar-refractivity contribution in [3.8, 4) is 0 Å². The molecule has 4 nitrogen and oxygen atoms in total. The molecule has 0 saturated carbocycles. The van der Waals surface area contributed by atoms with E-state index in [-0.39, 0.29) is 11.9 Å². The maximum absolute atomic E-state index is 12.5. The van der Waals surface area contributed by atoms with Crippen molar-refractivity contribution < 1.29 is 14.3 Å². The quantitative estimate of drug-likeness (QED) is 0.573. The summed E-state index contributed by atoms with van der Waals surface area (Å²) in [6, 6.07) is 0. The Morgan fingerprint density at radius 1 is 1.18 bits per heavy atom. The van der Waals surface area contributed by atoms with Crippen LogP contribution in [0.5, 0.6) is 0 Å². The van der Waals surface area contributed by atoms with Gasteiger partial charge in [-0.3, -0.25) is 0 Å². The summed E-state index contributed by atoms with van der Waals surface area (Å²) in [6.45, 7) is 10.6. The van der Waals surface area contributed by atoms with Gasteiger partial charge in [-0.15, -0.1) is 0 Å². The van der Waals surface area contributed by atoms with Gasteiger partial charge in [0.25, 0.3) is 0 Å². The number of anilines is 1. The Kier molecular flexibility index (Phi) is 7.51. The minimum absolute atomic E-state index is 0.0317. The van der Waals surface area contributed by atoms with Crippen LogP contribution in [0, 0.1) is 6.92 Å². The molecule has 0 aliphatic heterocycles. The van der Waals surface area contributed by atoms with Gasteiger partial charge in [-0.1, -0.05) is 0 Å². The van der Waals surface area contributed by atoms with Crippen molar-refractivity contribution >= 4 is 36.2 Å². The van der Waals surface area contributed by atoms with Gasteiger partial charge < -0.3 is 0 Å². The van der Waals surface area contributed by atoms with E-state index in [1.54, 1.807) is 6.92 Å². The van der Waals surface area contributed by atoms with Gasteiger partial charge in [0.05, 0.1) is 0 Å². The van der Waals surface area contributed by atoms with Crippen LogP contribution in [0.1, 0.15) is 42.9 Å². The number of amides is 1. The zero-order valence-corrected chi connectivity index (χ0v) is 16.1. The molecule has 0 saturated heterocycles. The molecule has 1 rings (SSSR count). The molecular weight excluding hydrogens is 317 g/mol. The van der Waals surface area contributed by atoms with Crippen LogP contribution in [0.15, 0.2) is 5.38 Å². The summed E-state index contributed by atoms with van der Waals surface area (Å²) in [4.78, 5) is 24.9. The number of carbonyl (C=O) groups is 2. The molecular formula is C16H28NO3PS. The second-order valence-electron chi connectivity index (χ2n) is 5.63. The van der Waals surface area contributed by atoms with Crippen molar-refractivity contribution in [1.29, 1.82) is 0 Å². The Morgan fingerprint density at radius 3 is 2.27 bits per heavy atom. The summed E-state index contributed by atoms with van der Waals surface area (Å²) >= 11 is 1.32. The Morgan fingerprint density at radius 2 is 1.77 bits per heavy atom. The van der Waals surface area contributed by atoms with Gasteiger partial charge in [-0.05, 0) is 0 Å². The zero-order chi connectivity index (χ0) is 16.8. The predicted molar refractivity (Wildman–Crippen MR) is 98.4 cm³/mol. The van der Waals surface area contributed by atoms with Crippen LogP contribution >= 0.6 is 18.6 Å². The molecule has 0 radical (unpaired) electrons. The van der Waals surface area contributed by atoms with Crippen LogP contribution < -0.4 is 5.32 Å². The molecule has 6 heteroatoms. The van der Waals surface area contributed by atoms with Crippen LogP contribution in [0.3, 0.4) is 0 Å². The van der Waals surface area contributed by atoms with Gasteiger partial charge in [-0.2, -0.15) is 0 Å². The van der Waals surface area contributed by atoms with E-state index in [4.69, 9.17) is 4.74 Å². The molecule has 0 aliphatic rings. The molecule has 126 valence electrons. The third-order valence-corrected chi connectivity index (χ3v) is 11.1. The second kappa shape index (κ2) is 8.64. The number of thiophene rings is 1. The monoisotopic (exact) mass is 345 g/mol. The maximum atomic E-state index is 12.5. The molecule has 0 bridgehead atoms. The van der Waals surface area contributed by atoms with Crippen LogP contribution in [0.2, 0.25) is 0 Å². The topological polar surface area (TPSA) is 55.4 Å². The van der Waals surface area contributed by atoms with E-state index in [1.807, 2.05) is 12.3 Å². The third kappa shape index (κ3) is 4.53. The van der Waals surface area contributed by atoms with E-state index in [2.05, 4.69) is 26.1 Å². The van der Waals surface area contributed by atoms with E-state index >= 15 is 0 Å². The first-order valence-corrected chi connectivity index (χ1v) is 11.7. The number of rotatable bonds is 8. The fourth-order valence-electron chi connectivity index (χ4n) is 2.60. The molecule has 0 unspecified atom stereocenters. The normalized spacial score (nSPS) is 12.0. The number of nitrogens with one attached hydrogen (secondary N) is 1. The summed E-state index contributed by atoms with van der Waals surface area (Å²) in [5.74, 6) is -0.329. The first kappa shape index (κ1) is 19.1. The molecule has 0 aromatic carbocycles. The Hall–Kier alpha value is -0.930. The van der Waals surface area contributed by atoms with Gasteiger partial charge in [0.2, 0.25) is 0 Å². The van der Waals surface area contributed by atoms with E-state index in [9.17, 15) is 9.59 Å². The van der Waals surface area contributed by atoms with E-state index < -0.39 is 7.26 Å². The van der Waals surface area contributed by atoms with E-state index in [0.717, 1.165) is 24.0 Å². The summed E-state index contributed by atoms with van der Waals surface area (Å²) in [6.07, 6.45) is 3.95. The molecule has 0 atom stereocenters. The summed E-state index contributed by atoms with van der Waals surface area (Å²) < 4.78 is 5.06. The summed E-state index contributed by atoms with van der Waals surface area (Å²) in [5.41, 5.74) is 1.54. The first-order chi connectivity index (χ1) is 10.4. The van der Waals surface area contributed by atoms with Gasteiger partial charge in [0.15, 0.2) is 0 Å².